The van der Waals surface area contributed by atoms with E-state index < -0.39 is 103 Å². The fraction of sp³-hybridized carbons (Fsp3) is 0.238. The minimum atomic E-state index is -1.78. The number of hydrogen-bond donors (Lipinski definition) is 3. The summed E-state index contributed by atoms with van der Waals surface area (Å²) in [5, 5.41) is 43.3. The second-order valence-electron chi connectivity index (χ2n) is 21.7. The number of hydrogen-bond acceptors (Lipinski definition) is 15. The second kappa shape index (κ2) is 27.0. The SMILES string of the molecule is CC1CN(c2cc3c(cc2F)c(=O)c(C(=O)[O-])cn3-c2ccc(F)cc2F)CCN1.CC1CN(c2cc3c(cc2F)c(=O)c(C(=O)[O-])cn3-c2ccc(F)cc2F)CCN1.CC1CN(c2cc3c(cc2F)c(=O)c(C(=O)[O-])cn3-c2ccc(F)cc2F)CCN1.[Ga+3]. The van der Waals surface area contributed by atoms with Gasteiger partial charge in [-0.2, -0.15) is 0 Å². The van der Waals surface area contributed by atoms with Gasteiger partial charge in [0.2, 0.25) is 0 Å². The van der Waals surface area contributed by atoms with Crippen molar-refractivity contribution in [1.29, 1.82) is 0 Å². The zero-order valence-electron chi connectivity index (χ0n) is 48.3. The number of aromatic nitrogens is 3. The van der Waals surface area contributed by atoms with Crippen LogP contribution in [0.3, 0.4) is 0 Å². The number of rotatable bonds is 9. The molecule has 0 saturated carbocycles. The first kappa shape index (κ1) is 66.1. The van der Waals surface area contributed by atoms with Crippen molar-refractivity contribution in [2.45, 2.75) is 38.9 Å². The molecule has 468 valence electrons. The molecule has 3 unspecified atom stereocenters. The molecule has 0 radical (unpaired) electrons. The fourth-order valence-electron chi connectivity index (χ4n) is 11.2. The van der Waals surface area contributed by atoms with Crippen LogP contribution in [0.15, 0.2) is 124 Å². The maximum absolute atomic E-state index is 14.9. The van der Waals surface area contributed by atoms with E-state index in [0.29, 0.717) is 77.1 Å². The molecule has 6 heterocycles. The predicted molar refractivity (Wildman–Crippen MR) is 316 cm³/mol. The quantitative estimate of drug-likeness (QED) is 0.135. The van der Waals surface area contributed by atoms with Crippen LogP contribution < -0.4 is 62.3 Å². The number of fused-ring (bicyclic) bond motifs is 3. The Morgan fingerprint density at radius 2 is 0.626 bits per heavy atom. The van der Waals surface area contributed by atoms with Gasteiger partial charge in [-0.05, 0) is 93.6 Å². The molecular weight excluding hydrogens is 1270 g/mol. The molecule has 9 aromatic rings. The summed E-state index contributed by atoms with van der Waals surface area (Å²) in [5.41, 5.74) is -4.76. The summed E-state index contributed by atoms with van der Waals surface area (Å²) in [7, 11) is 0. The number of nitrogens with zero attached hydrogens (tertiary/aromatic N) is 6. The number of aromatic carboxylic acids is 3. The van der Waals surface area contributed by atoms with E-state index in [1.54, 1.807) is 14.7 Å². The van der Waals surface area contributed by atoms with Gasteiger partial charge in [0.05, 0.1) is 85.3 Å². The molecule has 0 bridgehead atoms. The van der Waals surface area contributed by atoms with Gasteiger partial charge in [-0.15, -0.1) is 0 Å². The molecule has 0 aliphatic carbocycles. The van der Waals surface area contributed by atoms with Crippen LogP contribution in [-0.2, 0) is 0 Å². The molecule has 3 fully saturated rings. The van der Waals surface area contributed by atoms with Crippen molar-refractivity contribution in [3.63, 3.8) is 0 Å². The van der Waals surface area contributed by atoms with E-state index in [9.17, 15) is 83.6 Å². The molecule has 6 aromatic carbocycles. The molecular formula is C63H51F9GaN9O9. The number of carboxylic acid groups (broad SMARTS) is 3. The number of piperazine rings is 3. The van der Waals surface area contributed by atoms with Crippen molar-refractivity contribution in [3.05, 3.63) is 209 Å². The Morgan fingerprint density at radius 1 is 0.385 bits per heavy atom. The van der Waals surface area contributed by atoms with Gasteiger partial charge >= 0.3 is 19.8 Å². The van der Waals surface area contributed by atoms with E-state index in [0.717, 1.165) is 86.9 Å². The molecule has 3 saturated heterocycles. The van der Waals surface area contributed by atoms with Crippen LogP contribution in [0.2, 0.25) is 0 Å². The van der Waals surface area contributed by atoms with Crippen molar-refractivity contribution in [1.82, 2.24) is 29.7 Å². The first-order valence-electron chi connectivity index (χ1n) is 27.9. The summed E-state index contributed by atoms with van der Waals surface area (Å²) in [6.45, 7) is 10.8. The third-order valence-electron chi connectivity index (χ3n) is 15.5. The van der Waals surface area contributed by atoms with E-state index in [1.807, 2.05) is 20.8 Å². The summed E-state index contributed by atoms with van der Waals surface area (Å²) in [6, 6.07) is 15.6. The molecule has 0 spiro atoms. The second-order valence-corrected chi connectivity index (χ2v) is 21.7. The summed E-state index contributed by atoms with van der Waals surface area (Å²) >= 11 is 0. The fourth-order valence-corrected chi connectivity index (χ4v) is 11.2. The molecule has 3 aliphatic rings. The third-order valence-corrected chi connectivity index (χ3v) is 15.5. The van der Waals surface area contributed by atoms with Gasteiger partial charge in [-0.25, -0.2) is 39.5 Å². The van der Waals surface area contributed by atoms with E-state index in [-0.39, 0.29) is 105 Å². The van der Waals surface area contributed by atoms with Crippen molar-refractivity contribution >= 4 is 87.5 Å². The average Bonchev–Trinajstić information content (AvgIpc) is 0.781. The third kappa shape index (κ3) is 13.6. The van der Waals surface area contributed by atoms with Crippen molar-refractivity contribution in [3.8, 4) is 17.1 Å². The van der Waals surface area contributed by atoms with Crippen LogP contribution in [0.4, 0.5) is 56.6 Å². The number of anilines is 3. The Morgan fingerprint density at radius 3 is 0.846 bits per heavy atom. The number of carbonyl (C=O) groups excluding carboxylic acids is 3. The van der Waals surface area contributed by atoms with Gasteiger partial charge in [0.25, 0.3) is 0 Å². The van der Waals surface area contributed by atoms with Crippen LogP contribution in [0.5, 0.6) is 0 Å². The first-order valence-corrected chi connectivity index (χ1v) is 27.9. The van der Waals surface area contributed by atoms with E-state index in [1.165, 1.54) is 18.2 Å². The molecule has 91 heavy (non-hydrogen) atoms. The van der Waals surface area contributed by atoms with Crippen LogP contribution in [-0.4, -0.2) is 128 Å². The number of pyridine rings is 3. The molecule has 3 N–H and O–H groups in total. The summed E-state index contributed by atoms with van der Waals surface area (Å²) in [5.74, 6) is -12.8. The van der Waals surface area contributed by atoms with Gasteiger partial charge in [0.1, 0.15) is 52.4 Å². The number of halogens is 9. The topological polar surface area (TPSA) is 232 Å². The van der Waals surface area contributed by atoms with Gasteiger partial charge in [-0.1, -0.05) is 0 Å². The molecule has 28 heteroatoms. The maximum atomic E-state index is 14.9. The molecule has 12 rings (SSSR count). The Hall–Kier alpha value is -9.35. The van der Waals surface area contributed by atoms with Gasteiger partial charge in [0, 0.05) is 130 Å². The molecule has 3 aromatic heterocycles. The number of benzene rings is 6. The van der Waals surface area contributed by atoms with E-state index in [4.69, 9.17) is 0 Å². The first-order chi connectivity index (χ1) is 42.8. The smallest absolute Gasteiger partial charge is 0.545 e. The van der Waals surface area contributed by atoms with Crippen molar-refractivity contribution in [2.24, 2.45) is 0 Å². The largest absolute Gasteiger partial charge is 3.00 e. The van der Waals surface area contributed by atoms with Crippen molar-refractivity contribution in [2.75, 3.05) is 73.6 Å². The molecule has 18 nitrogen and oxygen atoms in total. The number of nitrogens with one attached hydrogen (secondary N) is 3. The Labute approximate surface area is 523 Å². The Bertz CT molecular complexity index is 4140. The molecule has 3 atom stereocenters. The number of carbonyl (C=O) groups is 3. The van der Waals surface area contributed by atoms with Crippen LogP contribution >= 0.6 is 0 Å². The summed E-state index contributed by atoms with van der Waals surface area (Å²) < 4.78 is 132. The minimum Gasteiger partial charge on any atom is -0.545 e. The van der Waals surface area contributed by atoms with Gasteiger partial charge in [0.15, 0.2) is 16.3 Å². The normalized spacial score (nSPS) is 16.6. The van der Waals surface area contributed by atoms with Crippen molar-refractivity contribution < 1.29 is 69.2 Å². The van der Waals surface area contributed by atoms with Crippen LogP contribution in [0, 0.1) is 52.4 Å². The van der Waals surface area contributed by atoms with Crippen LogP contribution in [0.25, 0.3) is 49.8 Å². The summed E-state index contributed by atoms with van der Waals surface area (Å²) in [6.07, 6.45) is 2.75. The van der Waals surface area contributed by atoms with Gasteiger partial charge in [-0.3, -0.25) is 14.4 Å². The van der Waals surface area contributed by atoms with E-state index >= 15 is 0 Å². The average molecular weight is 1320 g/mol. The zero-order valence-corrected chi connectivity index (χ0v) is 50.7. The maximum Gasteiger partial charge on any atom is 3.00 e. The monoisotopic (exact) mass is 1320 g/mol. The minimum absolute atomic E-state index is 0. The molecule has 3 aliphatic heterocycles. The van der Waals surface area contributed by atoms with Crippen LogP contribution in [0.1, 0.15) is 51.8 Å². The standard InChI is InChI=1S/3C21H18F3N3O3.Ga/c3*1-11-9-26(5-4-25-11)19-8-18-13(7-16(19)24)20(28)14(21(29)30)10-27(18)17-3-2-12(22)6-15(17)23;/h3*2-3,6-8,10-11,25H,4-5,9H2,1H3,(H,29,30);/q;;;+3/p-3. The summed E-state index contributed by atoms with van der Waals surface area (Å²) in [4.78, 5) is 77.5. The zero-order chi connectivity index (χ0) is 64.7. The molecule has 0 amide bonds. The number of carboxylic acids is 3. The Kier molecular flexibility index (Phi) is 19.6. The van der Waals surface area contributed by atoms with E-state index in [2.05, 4.69) is 16.0 Å². The van der Waals surface area contributed by atoms with Gasteiger partial charge < -0.3 is 74.1 Å². The predicted octanol–water partition coefficient (Wildman–Crippen LogP) is 4.33. The Balaban J connectivity index is 0.000000161.